The second kappa shape index (κ2) is 4.39. The number of fused-ring (bicyclic) bond motifs is 1. The highest BCUT2D eigenvalue weighted by Crippen LogP contribution is 2.23. The Kier molecular flexibility index (Phi) is 2.73. The largest absolute Gasteiger partial charge is 0.397 e. The van der Waals surface area contributed by atoms with Gasteiger partial charge in [-0.3, -0.25) is 0 Å². The Morgan fingerprint density at radius 2 is 1.78 bits per heavy atom. The van der Waals surface area contributed by atoms with E-state index in [4.69, 9.17) is 17.3 Å². The molecule has 2 N–H and O–H groups in total. The maximum atomic E-state index is 6.04. The Bertz CT molecular complexity index is 683. The third-order valence-corrected chi connectivity index (χ3v) is 3.34. The van der Waals surface area contributed by atoms with Gasteiger partial charge in [0, 0.05) is 23.2 Å². The first kappa shape index (κ1) is 11.2. The van der Waals surface area contributed by atoms with Crippen molar-refractivity contribution in [2.45, 2.75) is 6.54 Å². The summed E-state index contributed by atoms with van der Waals surface area (Å²) in [7, 11) is 0. The number of anilines is 1. The average Bonchev–Trinajstić information content (AvgIpc) is 2.77. The molecule has 0 unspecified atom stereocenters. The summed E-state index contributed by atoms with van der Waals surface area (Å²) in [5.41, 5.74) is 9.15. The van der Waals surface area contributed by atoms with Gasteiger partial charge in [-0.05, 0) is 29.8 Å². The van der Waals surface area contributed by atoms with Crippen LogP contribution in [0.5, 0.6) is 0 Å². The molecule has 1 aromatic heterocycles. The van der Waals surface area contributed by atoms with Crippen LogP contribution in [-0.4, -0.2) is 4.57 Å². The Morgan fingerprint density at radius 3 is 2.56 bits per heavy atom. The molecule has 0 atom stereocenters. The van der Waals surface area contributed by atoms with Gasteiger partial charge in [-0.15, -0.1) is 0 Å². The molecular formula is C15H13ClN2. The molecule has 0 saturated heterocycles. The van der Waals surface area contributed by atoms with Gasteiger partial charge in [0.1, 0.15) is 0 Å². The summed E-state index contributed by atoms with van der Waals surface area (Å²) in [4.78, 5) is 0. The number of aromatic nitrogens is 1. The molecule has 3 aromatic rings. The van der Waals surface area contributed by atoms with E-state index in [9.17, 15) is 0 Å². The predicted octanol–water partition coefficient (Wildman–Crippen LogP) is 3.93. The molecule has 0 bridgehead atoms. The predicted molar refractivity (Wildman–Crippen MR) is 76.9 cm³/mol. The minimum atomic E-state index is 0.760. The lowest BCUT2D eigenvalue weighted by atomic mass is 10.2. The van der Waals surface area contributed by atoms with E-state index in [2.05, 4.69) is 22.9 Å². The number of nitrogens with zero attached hydrogens (tertiary/aromatic N) is 1. The van der Waals surface area contributed by atoms with Gasteiger partial charge in [0.05, 0.1) is 11.2 Å². The van der Waals surface area contributed by atoms with Crippen molar-refractivity contribution in [2.75, 3.05) is 5.73 Å². The molecule has 18 heavy (non-hydrogen) atoms. The molecule has 0 amide bonds. The number of halogens is 1. The second-order valence-electron chi connectivity index (χ2n) is 4.36. The van der Waals surface area contributed by atoms with Crippen molar-refractivity contribution in [3.63, 3.8) is 0 Å². The summed E-state index contributed by atoms with van der Waals surface area (Å²) in [6.45, 7) is 0.800. The first-order chi connectivity index (χ1) is 8.74. The number of hydrogen-bond acceptors (Lipinski definition) is 1. The Hall–Kier alpha value is -1.93. The Morgan fingerprint density at radius 1 is 1.00 bits per heavy atom. The van der Waals surface area contributed by atoms with Gasteiger partial charge in [-0.1, -0.05) is 35.9 Å². The van der Waals surface area contributed by atoms with E-state index in [1.165, 1.54) is 10.9 Å². The molecule has 3 rings (SSSR count). The van der Waals surface area contributed by atoms with E-state index in [-0.39, 0.29) is 0 Å². The fourth-order valence-corrected chi connectivity index (χ4v) is 2.34. The summed E-state index contributed by atoms with van der Waals surface area (Å²) < 4.78 is 2.16. The van der Waals surface area contributed by atoms with E-state index in [1.54, 1.807) is 0 Å². The highest BCUT2D eigenvalue weighted by molar-refractivity contribution is 6.30. The van der Waals surface area contributed by atoms with E-state index in [0.29, 0.717) is 0 Å². The molecule has 1 heterocycles. The molecule has 0 aliphatic rings. The van der Waals surface area contributed by atoms with Gasteiger partial charge in [0.2, 0.25) is 0 Å². The molecule has 0 spiro atoms. The van der Waals surface area contributed by atoms with Gasteiger partial charge in [0.15, 0.2) is 0 Å². The topological polar surface area (TPSA) is 30.9 Å². The van der Waals surface area contributed by atoms with Crippen LogP contribution in [-0.2, 0) is 6.54 Å². The van der Waals surface area contributed by atoms with Gasteiger partial charge in [0.25, 0.3) is 0 Å². The van der Waals surface area contributed by atoms with Crippen molar-refractivity contribution in [1.29, 1.82) is 0 Å². The zero-order valence-electron chi connectivity index (χ0n) is 9.81. The van der Waals surface area contributed by atoms with Crippen LogP contribution in [0, 0.1) is 0 Å². The minimum absolute atomic E-state index is 0.760. The monoisotopic (exact) mass is 256 g/mol. The molecule has 2 aromatic carbocycles. The zero-order chi connectivity index (χ0) is 12.5. The van der Waals surface area contributed by atoms with Crippen LogP contribution < -0.4 is 5.73 Å². The van der Waals surface area contributed by atoms with E-state index < -0.39 is 0 Å². The van der Waals surface area contributed by atoms with E-state index in [1.807, 2.05) is 36.4 Å². The molecule has 0 radical (unpaired) electrons. The van der Waals surface area contributed by atoms with E-state index in [0.717, 1.165) is 22.8 Å². The van der Waals surface area contributed by atoms with Crippen molar-refractivity contribution >= 4 is 28.2 Å². The van der Waals surface area contributed by atoms with Crippen LogP contribution in [0.15, 0.2) is 54.7 Å². The van der Waals surface area contributed by atoms with Crippen LogP contribution in [0.3, 0.4) is 0 Å². The maximum Gasteiger partial charge on any atom is 0.0716 e. The van der Waals surface area contributed by atoms with Crippen molar-refractivity contribution < 1.29 is 0 Å². The van der Waals surface area contributed by atoms with Gasteiger partial charge < -0.3 is 10.3 Å². The van der Waals surface area contributed by atoms with Crippen LogP contribution in [0.1, 0.15) is 5.56 Å². The third-order valence-electron chi connectivity index (χ3n) is 3.09. The third kappa shape index (κ3) is 1.95. The van der Waals surface area contributed by atoms with Gasteiger partial charge in [-0.25, -0.2) is 0 Å². The molecule has 3 heteroatoms. The second-order valence-corrected chi connectivity index (χ2v) is 4.79. The van der Waals surface area contributed by atoms with Crippen LogP contribution in [0.4, 0.5) is 5.69 Å². The smallest absolute Gasteiger partial charge is 0.0716 e. The molecular weight excluding hydrogens is 244 g/mol. The number of nitrogens with two attached hydrogens (primary N) is 1. The first-order valence-electron chi connectivity index (χ1n) is 5.82. The number of para-hydroxylation sites is 1. The molecule has 0 aliphatic heterocycles. The first-order valence-corrected chi connectivity index (χ1v) is 6.19. The highest BCUT2D eigenvalue weighted by atomic mass is 35.5. The highest BCUT2D eigenvalue weighted by Gasteiger charge is 2.04. The van der Waals surface area contributed by atoms with Crippen LogP contribution >= 0.6 is 11.6 Å². The van der Waals surface area contributed by atoms with Crippen molar-refractivity contribution in [1.82, 2.24) is 4.57 Å². The van der Waals surface area contributed by atoms with Gasteiger partial charge >= 0.3 is 0 Å². The lowest BCUT2D eigenvalue weighted by molar-refractivity contribution is 0.838. The summed E-state index contributed by atoms with van der Waals surface area (Å²) >= 11 is 5.89. The normalized spacial score (nSPS) is 10.9. The molecule has 0 aliphatic carbocycles. The number of hydrogen-bond donors (Lipinski definition) is 1. The van der Waals surface area contributed by atoms with Crippen molar-refractivity contribution in [3.8, 4) is 0 Å². The van der Waals surface area contributed by atoms with Crippen LogP contribution in [0.2, 0.25) is 5.02 Å². The number of rotatable bonds is 2. The standard InChI is InChI=1S/C15H13ClN2/c16-13-6-4-11(5-7-13)10-18-9-8-12-2-1-3-14(17)15(12)18/h1-9H,10,17H2. The quantitative estimate of drug-likeness (QED) is 0.692. The molecule has 0 saturated carbocycles. The number of nitrogen functional groups attached to an aromatic ring is 1. The average molecular weight is 257 g/mol. The Balaban J connectivity index is 2.02. The number of benzene rings is 2. The molecule has 2 nitrogen and oxygen atoms in total. The van der Waals surface area contributed by atoms with E-state index >= 15 is 0 Å². The minimum Gasteiger partial charge on any atom is -0.397 e. The SMILES string of the molecule is Nc1cccc2ccn(Cc3ccc(Cl)cc3)c12. The van der Waals surface area contributed by atoms with Crippen molar-refractivity contribution in [2.24, 2.45) is 0 Å². The maximum absolute atomic E-state index is 6.04. The van der Waals surface area contributed by atoms with Crippen molar-refractivity contribution in [3.05, 3.63) is 65.3 Å². The summed E-state index contributed by atoms with van der Waals surface area (Å²) in [5.74, 6) is 0. The molecule has 0 fully saturated rings. The summed E-state index contributed by atoms with van der Waals surface area (Å²) in [5, 5.41) is 1.93. The molecule has 90 valence electrons. The summed E-state index contributed by atoms with van der Waals surface area (Å²) in [6.07, 6.45) is 2.07. The lowest BCUT2D eigenvalue weighted by Crippen LogP contribution is -1.99. The van der Waals surface area contributed by atoms with Crippen LogP contribution in [0.25, 0.3) is 10.9 Å². The summed E-state index contributed by atoms with van der Waals surface area (Å²) in [6, 6.07) is 16.0. The fourth-order valence-electron chi connectivity index (χ4n) is 2.21. The fraction of sp³-hybridized carbons (Fsp3) is 0.0667. The Labute approximate surface area is 111 Å². The zero-order valence-corrected chi connectivity index (χ0v) is 10.6. The lowest BCUT2D eigenvalue weighted by Gasteiger charge is -2.07. The van der Waals surface area contributed by atoms with Gasteiger partial charge in [-0.2, -0.15) is 0 Å².